The SMILES string of the molecule is O=S(CC1(O)CCCC1)c1ccc(F)cc1. The lowest BCUT2D eigenvalue weighted by atomic mass is 10.1. The van der Waals surface area contributed by atoms with E-state index < -0.39 is 16.4 Å². The summed E-state index contributed by atoms with van der Waals surface area (Å²) in [6, 6.07) is 5.63. The first-order valence-electron chi connectivity index (χ1n) is 5.45. The monoisotopic (exact) mass is 242 g/mol. The molecule has 2 nitrogen and oxygen atoms in total. The molecular formula is C12H15FO2S. The van der Waals surface area contributed by atoms with Crippen LogP contribution in [0.3, 0.4) is 0 Å². The normalized spacial score (nSPS) is 20.9. The number of rotatable bonds is 3. The molecule has 1 aromatic rings. The van der Waals surface area contributed by atoms with Crippen LogP contribution in [0.25, 0.3) is 0 Å². The molecule has 2 rings (SSSR count). The van der Waals surface area contributed by atoms with Gasteiger partial charge in [-0.2, -0.15) is 0 Å². The molecule has 4 heteroatoms. The van der Waals surface area contributed by atoms with Gasteiger partial charge in [0.2, 0.25) is 0 Å². The Morgan fingerprint density at radius 3 is 2.38 bits per heavy atom. The fourth-order valence-corrected chi connectivity index (χ4v) is 3.47. The van der Waals surface area contributed by atoms with E-state index in [1.54, 1.807) is 0 Å². The predicted octanol–water partition coefficient (Wildman–Crippen LogP) is 2.24. The third-order valence-corrected chi connectivity index (χ3v) is 4.61. The molecule has 1 aliphatic rings. The van der Waals surface area contributed by atoms with Crippen LogP contribution in [0.15, 0.2) is 29.2 Å². The quantitative estimate of drug-likeness (QED) is 0.882. The van der Waals surface area contributed by atoms with Gasteiger partial charge in [0.15, 0.2) is 0 Å². The van der Waals surface area contributed by atoms with E-state index in [0.717, 1.165) is 25.7 Å². The number of hydrogen-bond acceptors (Lipinski definition) is 2. The lowest BCUT2D eigenvalue weighted by Crippen LogP contribution is -2.31. The van der Waals surface area contributed by atoms with Crippen LogP contribution >= 0.6 is 0 Å². The highest BCUT2D eigenvalue weighted by molar-refractivity contribution is 7.85. The van der Waals surface area contributed by atoms with Crippen LogP contribution < -0.4 is 0 Å². The average Bonchev–Trinajstić information content (AvgIpc) is 2.65. The van der Waals surface area contributed by atoms with Crippen molar-refractivity contribution >= 4 is 10.8 Å². The first-order chi connectivity index (χ1) is 7.59. The molecule has 0 heterocycles. The fourth-order valence-electron chi connectivity index (χ4n) is 2.09. The van der Waals surface area contributed by atoms with E-state index in [1.807, 2.05) is 0 Å². The lowest BCUT2D eigenvalue weighted by molar-refractivity contribution is 0.0723. The maximum atomic E-state index is 12.7. The van der Waals surface area contributed by atoms with E-state index >= 15 is 0 Å². The summed E-state index contributed by atoms with van der Waals surface area (Å²) in [6.45, 7) is 0. The largest absolute Gasteiger partial charge is 0.389 e. The third-order valence-electron chi connectivity index (χ3n) is 3.01. The lowest BCUT2D eigenvalue weighted by Gasteiger charge is -2.21. The Morgan fingerprint density at radius 1 is 1.25 bits per heavy atom. The highest BCUT2D eigenvalue weighted by Gasteiger charge is 2.33. The zero-order chi connectivity index (χ0) is 11.6. The maximum absolute atomic E-state index is 12.7. The molecule has 1 N–H and O–H groups in total. The Bertz CT molecular complexity index is 383. The van der Waals surface area contributed by atoms with Crippen molar-refractivity contribution in [3.05, 3.63) is 30.1 Å². The van der Waals surface area contributed by atoms with Crippen LogP contribution in [0, 0.1) is 5.82 Å². The third kappa shape index (κ3) is 2.68. The molecule has 0 saturated heterocycles. The predicted molar refractivity (Wildman–Crippen MR) is 61.1 cm³/mol. The first kappa shape index (κ1) is 11.7. The summed E-state index contributed by atoms with van der Waals surface area (Å²) in [4.78, 5) is 0.585. The molecule has 0 bridgehead atoms. The number of benzene rings is 1. The van der Waals surface area contributed by atoms with Crippen molar-refractivity contribution in [2.45, 2.75) is 36.2 Å². The number of hydrogen-bond donors (Lipinski definition) is 1. The molecule has 1 aromatic carbocycles. The molecule has 0 radical (unpaired) electrons. The van der Waals surface area contributed by atoms with Crippen molar-refractivity contribution in [1.29, 1.82) is 0 Å². The molecule has 1 atom stereocenters. The highest BCUT2D eigenvalue weighted by atomic mass is 32.2. The Morgan fingerprint density at radius 2 is 1.81 bits per heavy atom. The minimum absolute atomic E-state index is 0.263. The first-order valence-corrected chi connectivity index (χ1v) is 6.77. The minimum Gasteiger partial charge on any atom is -0.389 e. The molecule has 1 fully saturated rings. The fraction of sp³-hybridized carbons (Fsp3) is 0.500. The van der Waals surface area contributed by atoms with Gasteiger partial charge in [-0.3, -0.25) is 4.21 Å². The molecular weight excluding hydrogens is 227 g/mol. The van der Waals surface area contributed by atoms with Crippen LogP contribution in [0.2, 0.25) is 0 Å². The second-order valence-electron chi connectivity index (χ2n) is 4.38. The van der Waals surface area contributed by atoms with Gasteiger partial charge in [-0.15, -0.1) is 0 Å². The van der Waals surface area contributed by atoms with Gasteiger partial charge in [0, 0.05) is 4.90 Å². The number of aliphatic hydroxyl groups is 1. The highest BCUT2D eigenvalue weighted by Crippen LogP contribution is 2.31. The second-order valence-corrected chi connectivity index (χ2v) is 5.83. The molecule has 16 heavy (non-hydrogen) atoms. The van der Waals surface area contributed by atoms with Crippen LogP contribution in [0.4, 0.5) is 4.39 Å². The summed E-state index contributed by atoms with van der Waals surface area (Å²) in [5, 5.41) is 10.1. The van der Waals surface area contributed by atoms with Gasteiger partial charge < -0.3 is 5.11 Å². The van der Waals surface area contributed by atoms with Gasteiger partial charge in [-0.05, 0) is 37.1 Å². The van der Waals surface area contributed by atoms with Gasteiger partial charge in [0.25, 0.3) is 0 Å². The molecule has 0 spiro atoms. The molecule has 1 unspecified atom stereocenters. The summed E-state index contributed by atoms with van der Waals surface area (Å²) < 4.78 is 24.6. The Labute approximate surface area is 96.9 Å². The second kappa shape index (κ2) is 4.63. The summed E-state index contributed by atoms with van der Waals surface area (Å²) >= 11 is 0. The van der Waals surface area contributed by atoms with E-state index in [4.69, 9.17) is 0 Å². The summed E-state index contributed by atoms with van der Waals surface area (Å²) in [7, 11) is -1.24. The molecule has 0 amide bonds. The van der Waals surface area contributed by atoms with Gasteiger partial charge in [-0.1, -0.05) is 12.8 Å². The maximum Gasteiger partial charge on any atom is 0.123 e. The Hall–Kier alpha value is -0.740. The van der Waals surface area contributed by atoms with Crippen molar-refractivity contribution in [3.8, 4) is 0 Å². The molecule has 1 saturated carbocycles. The molecule has 1 aliphatic carbocycles. The molecule has 0 aliphatic heterocycles. The zero-order valence-electron chi connectivity index (χ0n) is 8.99. The van der Waals surface area contributed by atoms with Crippen LogP contribution in [0.5, 0.6) is 0 Å². The topological polar surface area (TPSA) is 37.3 Å². The summed E-state index contributed by atoms with van der Waals surface area (Å²) in [5.41, 5.74) is -0.779. The molecule has 0 aromatic heterocycles. The van der Waals surface area contributed by atoms with Crippen molar-refractivity contribution in [2.75, 3.05) is 5.75 Å². The minimum atomic E-state index is -1.24. The van der Waals surface area contributed by atoms with E-state index in [2.05, 4.69) is 0 Å². The van der Waals surface area contributed by atoms with Gasteiger partial charge in [0.1, 0.15) is 5.82 Å². The summed E-state index contributed by atoms with van der Waals surface area (Å²) in [5.74, 6) is -0.0705. The van der Waals surface area contributed by atoms with Gasteiger partial charge in [0.05, 0.1) is 22.2 Å². The van der Waals surface area contributed by atoms with Crippen molar-refractivity contribution in [3.63, 3.8) is 0 Å². The van der Waals surface area contributed by atoms with Crippen LogP contribution in [-0.2, 0) is 10.8 Å². The Kier molecular flexibility index (Phi) is 3.40. The van der Waals surface area contributed by atoms with Gasteiger partial charge >= 0.3 is 0 Å². The van der Waals surface area contributed by atoms with Crippen molar-refractivity contribution < 1.29 is 13.7 Å². The van der Waals surface area contributed by atoms with Crippen molar-refractivity contribution in [1.82, 2.24) is 0 Å². The van der Waals surface area contributed by atoms with E-state index in [1.165, 1.54) is 24.3 Å². The van der Waals surface area contributed by atoms with E-state index in [-0.39, 0.29) is 11.6 Å². The van der Waals surface area contributed by atoms with E-state index in [9.17, 15) is 13.7 Å². The standard InChI is InChI=1S/C12H15FO2S/c13-10-3-5-11(6-4-10)16(15)9-12(14)7-1-2-8-12/h3-6,14H,1-2,7-9H2. The van der Waals surface area contributed by atoms with E-state index in [0.29, 0.717) is 4.90 Å². The molecule has 88 valence electrons. The van der Waals surface area contributed by atoms with Crippen LogP contribution in [-0.4, -0.2) is 20.7 Å². The van der Waals surface area contributed by atoms with Crippen LogP contribution in [0.1, 0.15) is 25.7 Å². The number of halogens is 1. The summed E-state index contributed by atoms with van der Waals surface area (Å²) in [6.07, 6.45) is 3.44. The van der Waals surface area contributed by atoms with Crippen molar-refractivity contribution in [2.24, 2.45) is 0 Å². The smallest absolute Gasteiger partial charge is 0.123 e. The Balaban J connectivity index is 2.05. The average molecular weight is 242 g/mol. The van der Waals surface area contributed by atoms with Gasteiger partial charge in [-0.25, -0.2) is 4.39 Å². The zero-order valence-corrected chi connectivity index (χ0v) is 9.80.